The van der Waals surface area contributed by atoms with Crippen LogP contribution in [0.15, 0.2) is 18.2 Å². The predicted molar refractivity (Wildman–Crippen MR) is 69.0 cm³/mol. The molecule has 1 atom stereocenters. The van der Waals surface area contributed by atoms with Gasteiger partial charge in [0.05, 0.1) is 11.3 Å². The van der Waals surface area contributed by atoms with E-state index in [0.29, 0.717) is 5.56 Å². The van der Waals surface area contributed by atoms with Gasteiger partial charge in [-0.05, 0) is 12.5 Å². The summed E-state index contributed by atoms with van der Waals surface area (Å²) in [6.07, 6.45) is -0.797. The van der Waals surface area contributed by atoms with Gasteiger partial charge in [-0.25, -0.2) is 4.79 Å². The van der Waals surface area contributed by atoms with Gasteiger partial charge in [0, 0.05) is 17.7 Å². The molecule has 0 aliphatic rings. The van der Waals surface area contributed by atoms with E-state index in [9.17, 15) is 24.5 Å². The third-order valence-corrected chi connectivity index (χ3v) is 2.66. The van der Waals surface area contributed by atoms with Gasteiger partial charge in [0.2, 0.25) is 0 Å². The average Bonchev–Trinajstić information content (AvgIpc) is 2.37. The summed E-state index contributed by atoms with van der Waals surface area (Å²) in [5.74, 6) is -3.78. The van der Waals surface area contributed by atoms with Crippen LogP contribution in [0.1, 0.15) is 22.3 Å². The number of benzene rings is 1. The van der Waals surface area contributed by atoms with Gasteiger partial charge in [-0.3, -0.25) is 19.7 Å². The highest BCUT2D eigenvalue weighted by Gasteiger charge is 2.25. The normalized spacial score (nSPS) is 11.5. The number of hydrogen-bond acceptors (Lipinski definition) is 5. The van der Waals surface area contributed by atoms with Crippen LogP contribution in [-0.4, -0.2) is 39.0 Å². The van der Waals surface area contributed by atoms with Gasteiger partial charge < -0.3 is 15.5 Å². The predicted octanol–water partition coefficient (Wildman–Crippen LogP) is 0.561. The molecule has 0 aliphatic heterocycles. The van der Waals surface area contributed by atoms with Crippen molar-refractivity contribution in [1.29, 1.82) is 0 Å². The molecule has 0 aliphatic carbocycles. The zero-order valence-corrected chi connectivity index (χ0v) is 10.9. The Morgan fingerprint density at radius 1 is 1.33 bits per heavy atom. The fourth-order valence-electron chi connectivity index (χ4n) is 1.58. The summed E-state index contributed by atoms with van der Waals surface area (Å²) >= 11 is 0. The first-order valence-electron chi connectivity index (χ1n) is 5.73. The van der Waals surface area contributed by atoms with Crippen molar-refractivity contribution in [3.8, 4) is 0 Å². The number of nitrogens with zero attached hydrogens (tertiary/aromatic N) is 1. The van der Waals surface area contributed by atoms with Crippen molar-refractivity contribution in [3.63, 3.8) is 0 Å². The number of aryl methyl sites for hydroxylation is 1. The fourth-order valence-corrected chi connectivity index (χ4v) is 1.58. The van der Waals surface area contributed by atoms with E-state index in [1.807, 2.05) is 5.32 Å². The maximum atomic E-state index is 11.9. The molecule has 21 heavy (non-hydrogen) atoms. The molecule has 0 aromatic heterocycles. The minimum atomic E-state index is -1.62. The fraction of sp³-hybridized carbons (Fsp3) is 0.250. The third-order valence-electron chi connectivity index (χ3n) is 2.66. The molecule has 1 amide bonds. The lowest BCUT2D eigenvalue weighted by Crippen LogP contribution is -2.42. The second-order valence-electron chi connectivity index (χ2n) is 4.22. The van der Waals surface area contributed by atoms with Gasteiger partial charge in [-0.1, -0.05) is 6.07 Å². The average molecular weight is 296 g/mol. The van der Waals surface area contributed by atoms with Gasteiger partial charge in [-0.15, -0.1) is 0 Å². The molecule has 0 radical (unpaired) electrons. The van der Waals surface area contributed by atoms with E-state index in [1.54, 1.807) is 0 Å². The highest BCUT2D eigenvalue weighted by atomic mass is 16.6. The Balaban J connectivity index is 3.02. The second-order valence-corrected chi connectivity index (χ2v) is 4.22. The highest BCUT2D eigenvalue weighted by molar-refractivity contribution is 5.99. The van der Waals surface area contributed by atoms with E-state index < -0.39 is 35.2 Å². The van der Waals surface area contributed by atoms with Gasteiger partial charge in [0.25, 0.3) is 11.6 Å². The zero-order valence-electron chi connectivity index (χ0n) is 10.9. The highest BCUT2D eigenvalue weighted by Crippen LogP contribution is 2.17. The molecule has 0 unspecified atom stereocenters. The number of nitrogens with one attached hydrogen (secondary N) is 1. The maximum absolute atomic E-state index is 11.9. The maximum Gasteiger partial charge on any atom is 0.326 e. The van der Waals surface area contributed by atoms with Gasteiger partial charge in [0.15, 0.2) is 0 Å². The number of hydrogen-bond donors (Lipinski definition) is 3. The number of carboxylic acid groups (broad SMARTS) is 2. The SMILES string of the molecule is Cc1ccc([N+](=O)[O-])cc1C(=O)N[C@H](CC(=O)O)C(=O)O. The Morgan fingerprint density at radius 2 is 1.95 bits per heavy atom. The van der Waals surface area contributed by atoms with Crippen molar-refractivity contribution in [1.82, 2.24) is 5.32 Å². The largest absolute Gasteiger partial charge is 0.481 e. The minimum absolute atomic E-state index is 0.0826. The van der Waals surface area contributed by atoms with Crippen molar-refractivity contribution < 1.29 is 29.5 Å². The molecule has 9 nitrogen and oxygen atoms in total. The number of carboxylic acids is 2. The van der Waals surface area contributed by atoms with Crippen LogP contribution in [0.4, 0.5) is 5.69 Å². The molecule has 0 bridgehead atoms. The number of rotatable bonds is 6. The third kappa shape index (κ3) is 4.27. The summed E-state index contributed by atoms with van der Waals surface area (Å²) in [6, 6.07) is 1.94. The molecule has 1 aromatic rings. The number of carbonyl (C=O) groups excluding carboxylic acids is 1. The molecule has 0 saturated carbocycles. The summed E-state index contributed by atoms with van der Waals surface area (Å²) in [5, 5.41) is 30.1. The molecule has 9 heteroatoms. The van der Waals surface area contributed by atoms with E-state index in [4.69, 9.17) is 10.2 Å². The Kier molecular flexibility index (Phi) is 4.95. The van der Waals surface area contributed by atoms with Gasteiger partial charge >= 0.3 is 11.9 Å². The number of non-ortho nitro benzene ring substituents is 1. The van der Waals surface area contributed by atoms with E-state index >= 15 is 0 Å². The molecular formula is C12H12N2O7. The summed E-state index contributed by atoms with van der Waals surface area (Å²) in [7, 11) is 0. The first kappa shape index (κ1) is 16.1. The van der Waals surface area contributed by atoms with E-state index in [-0.39, 0.29) is 11.3 Å². The topological polar surface area (TPSA) is 147 Å². The number of amides is 1. The van der Waals surface area contributed by atoms with Crippen LogP contribution in [0.3, 0.4) is 0 Å². The first-order valence-corrected chi connectivity index (χ1v) is 5.73. The summed E-state index contributed by atoms with van der Waals surface area (Å²) in [4.78, 5) is 43.3. The van der Waals surface area contributed by atoms with Crippen molar-refractivity contribution in [2.75, 3.05) is 0 Å². The molecule has 0 saturated heterocycles. The number of nitro benzene ring substituents is 1. The molecule has 0 fully saturated rings. The first-order chi connectivity index (χ1) is 9.72. The molecule has 0 heterocycles. The van der Waals surface area contributed by atoms with Gasteiger partial charge in [-0.2, -0.15) is 0 Å². The Labute approximate surface area is 118 Å². The van der Waals surface area contributed by atoms with Crippen LogP contribution in [0, 0.1) is 17.0 Å². The molecule has 1 rings (SSSR count). The van der Waals surface area contributed by atoms with Crippen molar-refractivity contribution in [2.45, 2.75) is 19.4 Å². The number of carbonyl (C=O) groups is 3. The summed E-state index contributed by atoms with van der Waals surface area (Å²) in [5.41, 5.74) is -0.00531. The van der Waals surface area contributed by atoms with Crippen LogP contribution in [0.2, 0.25) is 0 Å². The quantitative estimate of drug-likeness (QED) is 0.513. The standard InChI is InChI=1S/C12H12N2O7/c1-6-2-3-7(14(20)21)4-8(6)11(17)13-9(12(18)19)5-10(15)16/h2-4,9H,5H2,1H3,(H,13,17)(H,15,16)(H,18,19)/t9-/m1/s1. The lowest BCUT2D eigenvalue weighted by molar-refractivity contribution is -0.384. The zero-order chi connectivity index (χ0) is 16.2. The minimum Gasteiger partial charge on any atom is -0.481 e. The molecule has 1 aromatic carbocycles. The molecule has 0 spiro atoms. The Bertz CT molecular complexity index is 612. The van der Waals surface area contributed by atoms with Crippen LogP contribution >= 0.6 is 0 Å². The van der Waals surface area contributed by atoms with E-state index in [1.165, 1.54) is 19.1 Å². The second kappa shape index (κ2) is 6.46. The van der Waals surface area contributed by atoms with E-state index in [0.717, 1.165) is 6.07 Å². The summed E-state index contributed by atoms with van der Waals surface area (Å²) in [6.45, 7) is 1.52. The van der Waals surface area contributed by atoms with Crippen molar-refractivity contribution >= 4 is 23.5 Å². The van der Waals surface area contributed by atoms with Crippen LogP contribution in [-0.2, 0) is 9.59 Å². The van der Waals surface area contributed by atoms with Crippen LogP contribution in [0.25, 0.3) is 0 Å². The lowest BCUT2D eigenvalue weighted by atomic mass is 10.1. The number of aliphatic carboxylic acids is 2. The van der Waals surface area contributed by atoms with Crippen LogP contribution in [0.5, 0.6) is 0 Å². The summed E-state index contributed by atoms with van der Waals surface area (Å²) < 4.78 is 0. The number of nitro groups is 1. The smallest absolute Gasteiger partial charge is 0.326 e. The molecule has 3 N–H and O–H groups in total. The van der Waals surface area contributed by atoms with Gasteiger partial charge in [0.1, 0.15) is 6.04 Å². The van der Waals surface area contributed by atoms with E-state index in [2.05, 4.69) is 0 Å². The molecule has 112 valence electrons. The molecular weight excluding hydrogens is 284 g/mol. The Morgan fingerprint density at radius 3 is 2.43 bits per heavy atom. The lowest BCUT2D eigenvalue weighted by Gasteiger charge is -2.13. The Hall–Kier alpha value is -2.97. The van der Waals surface area contributed by atoms with Crippen molar-refractivity contribution in [2.24, 2.45) is 0 Å². The van der Waals surface area contributed by atoms with Crippen LogP contribution < -0.4 is 5.32 Å². The monoisotopic (exact) mass is 296 g/mol. The van der Waals surface area contributed by atoms with Crippen molar-refractivity contribution in [3.05, 3.63) is 39.4 Å².